The molecule has 114 valence electrons. The van der Waals surface area contributed by atoms with Crippen molar-refractivity contribution in [3.63, 3.8) is 0 Å². The SMILES string of the molecule is COCc1noc(=O)n1Cc1ncc(-c2ccc(Cl)cc2)o1. The second-order valence-corrected chi connectivity index (χ2v) is 4.95. The van der Waals surface area contributed by atoms with Gasteiger partial charge in [0.1, 0.15) is 13.2 Å². The van der Waals surface area contributed by atoms with Gasteiger partial charge in [0, 0.05) is 17.7 Å². The molecule has 3 rings (SSSR count). The maximum atomic E-state index is 11.6. The highest BCUT2D eigenvalue weighted by molar-refractivity contribution is 6.30. The summed E-state index contributed by atoms with van der Waals surface area (Å²) >= 11 is 5.85. The maximum Gasteiger partial charge on any atom is 0.442 e. The molecular formula is C14H12ClN3O4. The van der Waals surface area contributed by atoms with E-state index >= 15 is 0 Å². The normalized spacial score (nSPS) is 11.0. The number of halogens is 1. The number of hydrogen-bond donors (Lipinski definition) is 0. The van der Waals surface area contributed by atoms with Crippen molar-refractivity contribution in [2.24, 2.45) is 0 Å². The van der Waals surface area contributed by atoms with Crippen LogP contribution in [0.3, 0.4) is 0 Å². The quantitative estimate of drug-likeness (QED) is 0.717. The summed E-state index contributed by atoms with van der Waals surface area (Å²) in [5.74, 6) is 0.745. The van der Waals surface area contributed by atoms with Crippen LogP contribution < -0.4 is 5.76 Å². The molecule has 0 atom stereocenters. The molecule has 0 spiro atoms. The van der Waals surface area contributed by atoms with Crippen molar-refractivity contribution in [1.29, 1.82) is 0 Å². The molecule has 22 heavy (non-hydrogen) atoms. The Labute approximate surface area is 130 Å². The van der Waals surface area contributed by atoms with Crippen LogP contribution in [0.25, 0.3) is 11.3 Å². The number of ether oxygens (including phenoxy) is 1. The minimum Gasteiger partial charge on any atom is -0.439 e. The Kier molecular flexibility index (Phi) is 4.08. The first-order chi connectivity index (χ1) is 10.7. The van der Waals surface area contributed by atoms with Gasteiger partial charge >= 0.3 is 5.76 Å². The highest BCUT2D eigenvalue weighted by Crippen LogP contribution is 2.22. The van der Waals surface area contributed by atoms with Crippen LogP contribution in [0.2, 0.25) is 5.02 Å². The van der Waals surface area contributed by atoms with E-state index in [4.69, 9.17) is 20.8 Å². The molecule has 0 aliphatic rings. The van der Waals surface area contributed by atoms with E-state index in [-0.39, 0.29) is 13.2 Å². The Morgan fingerprint density at radius 2 is 2.09 bits per heavy atom. The zero-order chi connectivity index (χ0) is 15.5. The Balaban J connectivity index is 1.84. The van der Waals surface area contributed by atoms with Gasteiger partial charge in [0.15, 0.2) is 11.6 Å². The number of benzene rings is 1. The first-order valence-corrected chi connectivity index (χ1v) is 6.80. The van der Waals surface area contributed by atoms with Gasteiger partial charge in [0.25, 0.3) is 0 Å². The minimum absolute atomic E-state index is 0.120. The van der Waals surface area contributed by atoms with Gasteiger partial charge in [-0.1, -0.05) is 16.8 Å². The van der Waals surface area contributed by atoms with Crippen LogP contribution in [0.1, 0.15) is 11.7 Å². The summed E-state index contributed by atoms with van der Waals surface area (Å²) in [6.45, 7) is 0.283. The van der Waals surface area contributed by atoms with E-state index in [0.717, 1.165) is 5.56 Å². The van der Waals surface area contributed by atoms with E-state index < -0.39 is 5.76 Å². The van der Waals surface area contributed by atoms with Crippen molar-refractivity contribution in [3.8, 4) is 11.3 Å². The summed E-state index contributed by atoms with van der Waals surface area (Å²) < 4.78 is 16.5. The third-order valence-corrected chi connectivity index (χ3v) is 3.26. The van der Waals surface area contributed by atoms with E-state index in [9.17, 15) is 4.79 Å². The van der Waals surface area contributed by atoms with Gasteiger partial charge in [-0.05, 0) is 24.3 Å². The Morgan fingerprint density at radius 1 is 1.32 bits per heavy atom. The van der Waals surface area contributed by atoms with Gasteiger partial charge in [-0.2, -0.15) is 0 Å². The van der Waals surface area contributed by atoms with E-state index in [2.05, 4.69) is 14.7 Å². The largest absolute Gasteiger partial charge is 0.442 e. The third kappa shape index (κ3) is 2.95. The molecule has 0 amide bonds. The molecule has 0 saturated carbocycles. The summed E-state index contributed by atoms with van der Waals surface area (Å²) in [7, 11) is 1.51. The predicted molar refractivity (Wildman–Crippen MR) is 77.5 cm³/mol. The second kappa shape index (κ2) is 6.17. The summed E-state index contributed by atoms with van der Waals surface area (Å²) in [5.41, 5.74) is 0.845. The molecular weight excluding hydrogens is 310 g/mol. The molecule has 0 N–H and O–H groups in total. The van der Waals surface area contributed by atoms with Crippen LogP contribution in [0.5, 0.6) is 0 Å². The fraction of sp³-hybridized carbons (Fsp3) is 0.214. The lowest BCUT2D eigenvalue weighted by Gasteiger charge is -2.00. The van der Waals surface area contributed by atoms with Crippen LogP contribution in [0.15, 0.2) is 44.2 Å². The van der Waals surface area contributed by atoms with Crippen molar-refractivity contribution >= 4 is 11.6 Å². The molecule has 0 aliphatic carbocycles. The Morgan fingerprint density at radius 3 is 2.82 bits per heavy atom. The molecule has 2 aromatic heterocycles. The van der Waals surface area contributed by atoms with E-state index in [1.807, 2.05) is 12.1 Å². The highest BCUT2D eigenvalue weighted by atomic mass is 35.5. The molecule has 0 fully saturated rings. The van der Waals surface area contributed by atoms with Crippen LogP contribution >= 0.6 is 11.6 Å². The fourth-order valence-corrected chi connectivity index (χ4v) is 2.08. The standard InChI is InChI=1S/C14H12ClN3O4/c1-20-8-12-17-22-14(19)18(12)7-13-16-6-11(21-13)9-2-4-10(15)5-3-9/h2-6H,7-8H2,1H3. The van der Waals surface area contributed by atoms with E-state index in [1.54, 1.807) is 18.3 Å². The zero-order valence-electron chi connectivity index (χ0n) is 11.7. The first kappa shape index (κ1) is 14.6. The number of rotatable bonds is 5. The van der Waals surface area contributed by atoms with Crippen molar-refractivity contribution in [3.05, 3.63) is 57.8 Å². The van der Waals surface area contributed by atoms with Crippen LogP contribution in [0.4, 0.5) is 0 Å². The van der Waals surface area contributed by atoms with E-state index in [0.29, 0.717) is 22.5 Å². The van der Waals surface area contributed by atoms with E-state index in [1.165, 1.54) is 11.7 Å². The molecule has 1 aromatic carbocycles. The molecule has 2 heterocycles. The number of hydrogen-bond acceptors (Lipinski definition) is 6. The first-order valence-electron chi connectivity index (χ1n) is 6.42. The molecule has 0 saturated heterocycles. The maximum absolute atomic E-state index is 11.6. The van der Waals surface area contributed by atoms with Crippen LogP contribution in [-0.4, -0.2) is 21.8 Å². The molecule has 7 nitrogen and oxygen atoms in total. The number of oxazole rings is 1. The Hall–Kier alpha value is -2.38. The average molecular weight is 322 g/mol. The van der Waals surface area contributed by atoms with Crippen molar-refractivity contribution in [2.45, 2.75) is 13.2 Å². The van der Waals surface area contributed by atoms with Crippen LogP contribution in [0, 0.1) is 0 Å². The van der Waals surface area contributed by atoms with Gasteiger partial charge in [-0.3, -0.25) is 4.52 Å². The molecule has 0 unspecified atom stereocenters. The topological polar surface area (TPSA) is 83.3 Å². The summed E-state index contributed by atoms with van der Waals surface area (Å²) in [4.78, 5) is 15.8. The van der Waals surface area contributed by atoms with Gasteiger partial charge in [0.2, 0.25) is 5.89 Å². The number of aromatic nitrogens is 3. The molecule has 0 radical (unpaired) electrons. The van der Waals surface area contributed by atoms with Gasteiger partial charge in [-0.25, -0.2) is 14.3 Å². The summed E-state index contributed by atoms with van der Waals surface area (Å²) in [6, 6.07) is 7.18. The summed E-state index contributed by atoms with van der Waals surface area (Å²) in [5, 5.41) is 4.28. The van der Waals surface area contributed by atoms with Crippen LogP contribution in [-0.2, 0) is 17.9 Å². The molecule has 3 aromatic rings. The monoisotopic (exact) mass is 321 g/mol. The van der Waals surface area contributed by atoms with Crippen molar-refractivity contribution in [1.82, 2.24) is 14.7 Å². The Bertz CT molecular complexity index is 819. The minimum atomic E-state index is -0.585. The number of methoxy groups -OCH3 is 1. The van der Waals surface area contributed by atoms with Crippen molar-refractivity contribution in [2.75, 3.05) is 7.11 Å². The average Bonchev–Trinajstić information content (AvgIpc) is 3.11. The third-order valence-electron chi connectivity index (χ3n) is 3.01. The smallest absolute Gasteiger partial charge is 0.439 e. The molecule has 0 aliphatic heterocycles. The second-order valence-electron chi connectivity index (χ2n) is 4.51. The lowest BCUT2D eigenvalue weighted by atomic mass is 10.2. The zero-order valence-corrected chi connectivity index (χ0v) is 12.4. The lowest BCUT2D eigenvalue weighted by Crippen LogP contribution is -2.18. The molecule has 0 bridgehead atoms. The van der Waals surface area contributed by atoms with Gasteiger partial charge in [0.05, 0.1) is 6.20 Å². The predicted octanol–water partition coefficient (Wildman–Crippen LogP) is 2.34. The summed E-state index contributed by atoms with van der Waals surface area (Å²) in [6.07, 6.45) is 1.59. The van der Waals surface area contributed by atoms with Gasteiger partial charge < -0.3 is 9.15 Å². The molecule has 8 heteroatoms. The van der Waals surface area contributed by atoms with Gasteiger partial charge in [-0.15, -0.1) is 0 Å². The fourth-order valence-electron chi connectivity index (χ4n) is 1.95. The van der Waals surface area contributed by atoms with Crippen molar-refractivity contribution < 1.29 is 13.7 Å². The highest BCUT2D eigenvalue weighted by Gasteiger charge is 2.14. The lowest BCUT2D eigenvalue weighted by molar-refractivity contribution is 0.171. The number of nitrogens with zero attached hydrogens (tertiary/aromatic N) is 3.